The molecule has 1 fully saturated rings. The van der Waals surface area contributed by atoms with Crippen LogP contribution in [-0.2, 0) is 0 Å². The molecule has 3 heteroatoms. The van der Waals surface area contributed by atoms with Gasteiger partial charge in [-0.25, -0.2) is 4.39 Å². The van der Waals surface area contributed by atoms with Crippen LogP contribution in [0.15, 0.2) is 24.3 Å². The van der Waals surface area contributed by atoms with E-state index in [1.807, 2.05) is 0 Å². The van der Waals surface area contributed by atoms with Gasteiger partial charge in [0.2, 0.25) is 0 Å². The molecule has 0 saturated carbocycles. The molecule has 0 aliphatic carbocycles. The van der Waals surface area contributed by atoms with Crippen LogP contribution in [0, 0.1) is 17.2 Å². The summed E-state index contributed by atoms with van der Waals surface area (Å²) >= 11 is 0. The standard InChI is InChI=1S/C16H24FNO/c1-16(2,3)12-8-9-18(10-12)11-15(19)13-6-4-5-7-14(13)17/h4-7,12,15,19H,8-11H2,1-3H3. The first kappa shape index (κ1) is 14.5. The number of aliphatic hydroxyl groups excluding tert-OH is 1. The van der Waals surface area contributed by atoms with E-state index < -0.39 is 6.10 Å². The second kappa shape index (κ2) is 5.59. The van der Waals surface area contributed by atoms with Gasteiger partial charge in [-0.1, -0.05) is 39.0 Å². The van der Waals surface area contributed by atoms with E-state index in [1.165, 1.54) is 6.07 Å². The molecule has 0 aromatic heterocycles. The molecule has 1 aromatic carbocycles. The summed E-state index contributed by atoms with van der Waals surface area (Å²) in [6, 6.07) is 6.48. The van der Waals surface area contributed by atoms with Gasteiger partial charge in [0.15, 0.2) is 0 Å². The van der Waals surface area contributed by atoms with Crippen molar-refractivity contribution in [3.05, 3.63) is 35.6 Å². The molecular weight excluding hydrogens is 241 g/mol. The maximum Gasteiger partial charge on any atom is 0.129 e. The number of aliphatic hydroxyl groups is 1. The van der Waals surface area contributed by atoms with E-state index in [2.05, 4.69) is 25.7 Å². The van der Waals surface area contributed by atoms with Gasteiger partial charge in [-0.05, 0) is 30.4 Å². The highest BCUT2D eigenvalue weighted by molar-refractivity contribution is 5.20. The first-order valence-electron chi connectivity index (χ1n) is 7.03. The SMILES string of the molecule is CC(C)(C)C1CCN(CC(O)c2ccccc2F)C1. The number of rotatable bonds is 3. The molecule has 2 unspecified atom stereocenters. The van der Waals surface area contributed by atoms with Crippen LogP contribution in [0.1, 0.15) is 38.9 Å². The first-order chi connectivity index (χ1) is 8.88. The van der Waals surface area contributed by atoms with Gasteiger partial charge >= 0.3 is 0 Å². The van der Waals surface area contributed by atoms with Crippen molar-refractivity contribution in [2.75, 3.05) is 19.6 Å². The molecule has 2 rings (SSSR count). The van der Waals surface area contributed by atoms with E-state index in [0.717, 1.165) is 19.5 Å². The molecule has 2 nitrogen and oxygen atoms in total. The van der Waals surface area contributed by atoms with E-state index in [9.17, 15) is 9.50 Å². The highest BCUT2D eigenvalue weighted by Gasteiger charge is 2.32. The monoisotopic (exact) mass is 265 g/mol. The smallest absolute Gasteiger partial charge is 0.129 e. The third-order valence-electron chi connectivity index (χ3n) is 4.19. The van der Waals surface area contributed by atoms with Gasteiger partial charge in [0, 0.05) is 18.7 Å². The zero-order valence-corrected chi connectivity index (χ0v) is 12.1. The van der Waals surface area contributed by atoms with Crippen molar-refractivity contribution in [3.8, 4) is 0 Å². The van der Waals surface area contributed by atoms with Crippen LogP contribution >= 0.6 is 0 Å². The van der Waals surface area contributed by atoms with Gasteiger partial charge < -0.3 is 10.0 Å². The van der Waals surface area contributed by atoms with Crippen molar-refractivity contribution in [2.45, 2.75) is 33.3 Å². The average molecular weight is 265 g/mol. The summed E-state index contributed by atoms with van der Waals surface area (Å²) in [6.07, 6.45) is 0.424. The number of nitrogens with zero attached hydrogens (tertiary/aromatic N) is 1. The maximum absolute atomic E-state index is 13.6. The second-order valence-corrected chi connectivity index (χ2v) is 6.65. The van der Waals surface area contributed by atoms with Crippen LogP contribution in [0.3, 0.4) is 0 Å². The number of hydrogen-bond donors (Lipinski definition) is 1. The van der Waals surface area contributed by atoms with E-state index in [-0.39, 0.29) is 5.82 Å². The highest BCUT2D eigenvalue weighted by Crippen LogP contribution is 2.34. The Hall–Kier alpha value is -0.930. The lowest BCUT2D eigenvalue weighted by Crippen LogP contribution is -2.29. The Labute approximate surface area is 115 Å². The summed E-state index contributed by atoms with van der Waals surface area (Å²) < 4.78 is 13.6. The lowest BCUT2D eigenvalue weighted by atomic mass is 9.80. The number of benzene rings is 1. The maximum atomic E-state index is 13.6. The molecule has 1 heterocycles. The molecule has 1 aliphatic rings. The van der Waals surface area contributed by atoms with Gasteiger partial charge in [0.1, 0.15) is 5.82 Å². The van der Waals surface area contributed by atoms with Crippen molar-refractivity contribution >= 4 is 0 Å². The Morgan fingerprint density at radius 1 is 1.37 bits per heavy atom. The Morgan fingerprint density at radius 3 is 2.63 bits per heavy atom. The number of halogens is 1. The third-order valence-corrected chi connectivity index (χ3v) is 4.19. The van der Waals surface area contributed by atoms with E-state index in [4.69, 9.17) is 0 Å². The zero-order valence-electron chi connectivity index (χ0n) is 12.1. The number of β-amino-alcohol motifs (C(OH)–C–C–N with tert-alkyl or cyclic N) is 1. The average Bonchev–Trinajstić information content (AvgIpc) is 2.77. The van der Waals surface area contributed by atoms with Crippen LogP contribution in [-0.4, -0.2) is 29.6 Å². The molecule has 1 N–H and O–H groups in total. The molecule has 1 saturated heterocycles. The van der Waals surface area contributed by atoms with Gasteiger partial charge in [0.05, 0.1) is 6.10 Å². The highest BCUT2D eigenvalue weighted by atomic mass is 19.1. The van der Waals surface area contributed by atoms with Gasteiger partial charge in [-0.15, -0.1) is 0 Å². The van der Waals surface area contributed by atoms with Crippen LogP contribution < -0.4 is 0 Å². The molecular formula is C16H24FNO. The number of likely N-dealkylation sites (tertiary alicyclic amines) is 1. The van der Waals surface area contributed by atoms with E-state index in [1.54, 1.807) is 18.2 Å². The lowest BCUT2D eigenvalue weighted by molar-refractivity contribution is 0.115. The van der Waals surface area contributed by atoms with Crippen LogP contribution in [0.25, 0.3) is 0 Å². The lowest BCUT2D eigenvalue weighted by Gasteiger charge is -2.27. The molecule has 0 amide bonds. The Balaban J connectivity index is 1.94. The first-order valence-corrected chi connectivity index (χ1v) is 7.03. The molecule has 106 valence electrons. The minimum Gasteiger partial charge on any atom is -0.387 e. The normalized spacial score (nSPS) is 22.7. The van der Waals surface area contributed by atoms with E-state index in [0.29, 0.717) is 23.4 Å². The molecule has 2 atom stereocenters. The fourth-order valence-electron chi connectivity index (χ4n) is 2.79. The van der Waals surface area contributed by atoms with Crippen molar-refractivity contribution < 1.29 is 9.50 Å². The summed E-state index contributed by atoms with van der Waals surface area (Å²) in [5, 5.41) is 10.2. The van der Waals surface area contributed by atoms with Crippen molar-refractivity contribution in [1.82, 2.24) is 4.90 Å². The van der Waals surface area contributed by atoms with Crippen molar-refractivity contribution in [3.63, 3.8) is 0 Å². The molecule has 0 radical (unpaired) electrons. The minimum absolute atomic E-state index is 0.303. The summed E-state index contributed by atoms with van der Waals surface area (Å²) in [5.41, 5.74) is 0.708. The van der Waals surface area contributed by atoms with Crippen molar-refractivity contribution in [2.24, 2.45) is 11.3 Å². The molecule has 1 aromatic rings. The Kier molecular flexibility index (Phi) is 4.26. The topological polar surface area (TPSA) is 23.5 Å². The summed E-state index contributed by atoms with van der Waals surface area (Å²) in [5.74, 6) is 0.335. The fourth-order valence-corrected chi connectivity index (χ4v) is 2.79. The third kappa shape index (κ3) is 3.54. The minimum atomic E-state index is -0.736. The zero-order chi connectivity index (χ0) is 14.0. The summed E-state index contributed by atoms with van der Waals surface area (Å²) in [7, 11) is 0. The molecule has 1 aliphatic heterocycles. The predicted molar refractivity (Wildman–Crippen MR) is 75.4 cm³/mol. The summed E-state index contributed by atoms with van der Waals surface area (Å²) in [4.78, 5) is 2.24. The van der Waals surface area contributed by atoms with Crippen LogP contribution in [0.2, 0.25) is 0 Å². The number of hydrogen-bond acceptors (Lipinski definition) is 2. The van der Waals surface area contributed by atoms with Crippen LogP contribution in [0.4, 0.5) is 4.39 Å². The van der Waals surface area contributed by atoms with Gasteiger partial charge in [0.25, 0.3) is 0 Å². The fraction of sp³-hybridized carbons (Fsp3) is 0.625. The molecule has 0 bridgehead atoms. The predicted octanol–water partition coefficient (Wildman–Crippen LogP) is 3.23. The molecule has 0 spiro atoms. The van der Waals surface area contributed by atoms with Crippen LogP contribution in [0.5, 0.6) is 0 Å². The second-order valence-electron chi connectivity index (χ2n) is 6.65. The molecule has 19 heavy (non-hydrogen) atoms. The van der Waals surface area contributed by atoms with Gasteiger partial charge in [-0.2, -0.15) is 0 Å². The van der Waals surface area contributed by atoms with Crippen molar-refractivity contribution in [1.29, 1.82) is 0 Å². The Bertz CT molecular complexity index is 427. The Morgan fingerprint density at radius 2 is 2.05 bits per heavy atom. The quantitative estimate of drug-likeness (QED) is 0.907. The largest absolute Gasteiger partial charge is 0.387 e. The van der Waals surface area contributed by atoms with E-state index >= 15 is 0 Å². The summed E-state index contributed by atoms with van der Waals surface area (Å²) in [6.45, 7) is 9.29. The van der Waals surface area contributed by atoms with Gasteiger partial charge in [-0.3, -0.25) is 0 Å².